The largest absolute Gasteiger partial charge is 0.347 e. The van der Waals surface area contributed by atoms with E-state index in [4.69, 9.17) is 11.5 Å². The topological polar surface area (TPSA) is 93.6 Å². The quantitative estimate of drug-likeness (QED) is 0.721. The van der Waals surface area contributed by atoms with Crippen LogP contribution in [0.1, 0.15) is 24.7 Å². The Morgan fingerprint density at radius 2 is 2.29 bits per heavy atom. The molecule has 0 aliphatic carbocycles. The van der Waals surface area contributed by atoms with Gasteiger partial charge in [-0.1, -0.05) is 0 Å². The number of hydrogen-bond donors (Lipinski definition) is 3. The lowest BCUT2D eigenvalue weighted by atomic mass is 10.1. The first kappa shape index (κ1) is 11.8. The van der Waals surface area contributed by atoms with Crippen molar-refractivity contribution in [2.75, 3.05) is 6.54 Å². The van der Waals surface area contributed by atoms with E-state index in [9.17, 15) is 0 Å². The maximum Gasteiger partial charge on any atom is 0.123 e. The number of H-pyrrole nitrogens is 1. The molecule has 0 spiro atoms. The third-order valence-electron chi connectivity index (χ3n) is 2.63. The average molecular weight is 231 g/mol. The first-order chi connectivity index (χ1) is 8.31. The molecule has 5 heteroatoms. The fraction of sp³-hybridized carbons (Fsp3) is 0.333. The van der Waals surface area contributed by atoms with Gasteiger partial charge in [-0.05, 0) is 31.5 Å². The van der Waals surface area contributed by atoms with E-state index in [1.54, 1.807) is 12.4 Å². The van der Waals surface area contributed by atoms with Crippen LogP contribution in [0.4, 0.5) is 0 Å². The van der Waals surface area contributed by atoms with Crippen LogP contribution in [0.3, 0.4) is 0 Å². The van der Waals surface area contributed by atoms with Crippen molar-refractivity contribution in [2.24, 2.45) is 11.5 Å². The zero-order chi connectivity index (χ0) is 12.1. The van der Waals surface area contributed by atoms with Crippen LogP contribution in [0.2, 0.25) is 0 Å². The number of hydrogen-bond acceptors (Lipinski definition) is 4. The molecule has 0 aliphatic heterocycles. The van der Waals surface area contributed by atoms with Gasteiger partial charge in [-0.3, -0.25) is 4.98 Å². The number of pyridine rings is 1. The molecule has 0 amide bonds. The summed E-state index contributed by atoms with van der Waals surface area (Å²) in [6.45, 7) is 0.657. The number of aromatic nitrogens is 3. The van der Waals surface area contributed by atoms with Crippen LogP contribution < -0.4 is 11.5 Å². The first-order valence-electron chi connectivity index (χ1n) is 5.72. The van der Waals surface area contributed by atoms with Crippen molar-refractivity contribution in [1.29, 1.82) is 0 Å². The van der Waals surface area contributed by atoms with Gasteiger partial charge in [0, 0.05) is 24.2 Å². The second-order valence-corrected chi connectivity index (χ2v) is 3.95. The lowest BCUT2D eigenvalue weighted by Gasteiger charge is -2.06. The van der Waals surface area contributed by atoms with Crippen molar-refractivity contribution in [3.05, 3.63) is 36.5 Å². The molecule has 0 saturated heterocycles. The SMILES string of the molecule is NCCCC(N)c1nc(-c2cccnc2)c[nH]1. The van der Waals surface area contributed by atoms with Gasteiger partial charge in [-0.15, -0.1) is 0 Å². The van der Waals surface area contributed by atoms with E-state index in [1.165, 1.54) is 0 Å². The zero-order valence-corrected chi connectivity index (χ0v) is 9.63. The van der Waals surface area contributed by atoms with Crippen molar-refractivity contribution in [3.8, 4) is 11.3 Å². The number of nitrogens with one attached hydrogen (secondary N) is 1. The Kier molecular flexibility index (Phi) is 3.85. The van der Waals surface area contributed by atoms with Crippen molar-refractivity contribution >= 4 is 0 Å². The molecule has 5 N–H and O–H groups in total. The summed E-state index contributed by atoms with van der Waals surface area (Å²) in [5, 5.41) is 0. The molecule has 5 nitrogen and oxygen atoms in total. The van der Waals surface area contributed by atoms with Gasteiger partial charge in [0.1, 0.15) is 5.82 Å². The van der Waals surface area contributed by atoms with Crippen LogP contribution in [0.25, 0.3) is 11.3 Å². The van der Waals surface area contributed by atoms with Gasteiger partial charge in [-0.2, -0.15) is 0 Å². The normalized spacial score (nSPS) is 12.6. The van der Waals surface area contributed by atoms with Crippen molar-refractivity contribution in [3.63, 3.8) is 0 Å². The summed E-state index contributed by atoms with van der Waals surface area (Å²) in [5.41, 5.74) is 13.3. The number of rotatable bonds is 5. The van der Waals surface area contributed by atoms with E-state index >= 15 is 0 Å². The van der Waals surface area contributed by atoms with Crippen molar-refractivity contribution < 1.29 is 0 Å². The molecule has 2 rings (SSSR count). The maximum atomic E-state index is 6.01. The molecule has 0 fully saturated rings. The molecule has 0 aliphatic rings. The summed E-state index contributed by atoms with van der Waals surface area (Å²) in [7, 11) is 0. The third kappa shape index (κ3) is 2.89. The number of nitrogens with two attached hydrogens (primary N) is 2. The highest BCUT2D eigenvalue weighted by Crippen LogP contribution is 2.18. The fourth-order valence-electron chi connectivity index (χ4n) is 1.66. The molecule has 0 saturated carbocycles. The highest BCUT2D eigenvalue weighted by atomic mass is 15.0. The number of nitrogens with zero attached hydrogens (tertiary/aromatic N) is 2. The highest BCUT2D eigenvalue weighted by molar-refractivity contribution is 5.56. The van der Waals surface area contributed by atoms with E-state index in [2.05, 4.69) is 15.0 Å². The molecule has 2 aromatic rings. The molecule has 0 aromatic carbocycles. The summed E-state index contributed by atoms with van der Waals surface area (Å²) in [6, 6.07) is 3.78. The van der Waals surface area contributed by atoms with Crippen LogP contribution >= 0.6 is 0 Å². The van der Waals surface area contributed by atoms with E-state index in [1.807, 2.05) is 18.3 Å². The number of imidazole rings is 1. The molecular weight excluding hydrogens is 214 g/mol. The second kappa shape index (κ2) is 5.56. The molecular formula is C12H17N5. The van der Waals surface area contributed by atoms with Gasteiger partial charge in [0.2, 0.25) is 0 Å². The number of aromatic amines is 1. The molecule has 0 radical (unpaired) electrons. The fourth-order valence-corrected chi connectivity index (χ4v) is 1.66. The monoisotopic (exact) mass is 231 g/mol. The molecule has 2 heterocycles. The lowest BCUT2D eigenvalue weighted by molar-refractivity contribution is 0.592. The minimum atomic E-state index is -0.0797. The molecule has 2 aromatic heterocycles. The Morgan fingerprint density at radius 1 is 1.41 bits per heavy atom. The Bertz CT molecular complexity index is 451. The van der Waals surface area contributed by atoms with E-state index in [-0.39, 0.29) is 6.04 Å². The van der Waals surface area contributed by atoms with Gasteiger partial charge in [-0.25, -0.2) is 4.98 Å². The summed E-state index contributed by atoms with van der Waals surface area (Å²) < 4.78 is 0. The van der Waals surface area contributed by atoms with Crippen LogP contribution in [0.15, 0.2) is 30.7 Å². The standard InChI is InChI=1S/C12H17N5/c13-5-1-4-10(14)12-16-8-11(17-12)9-3-2-6-15-7-9/h2-3,6-8,10H,1,4-5,13-14H2,(H,16,17). The smallest absolute Gasteiger partial charge is 0.123 e. The van der Waals surface area contributed by atoms with E-state index in [0.29, 0.717) is 6.54 Å². The maximum absolute atomic E-state index is 6.01. The summed E-state index contributed by atoms with van der Waals surface area (Å²) in [6.07, 6.45) is 7.13. The van der Waals surface area contributed by atoms with Crippen LogP contribution in [-0.4, -0.2) is 21.5 Å². The van der Waals surface area contributed by atoms with Crippen molar-refractivity contribution in [1.82, 2.24) is 15.0 Å². The van der Waals surface area contributed by atoms with Crippen molar-refractivity contribution in [2.45, 2.75) is 18.9 Å². The van der Waals surface area contributed by atoms with Gasteiger partial charge >= 0.3 is 0 Å². The van der Waals surface area contributed by atoms with Gasteiger partial charge in [0.25, 0.3) is 0 Å². The lowest BCUT2D eigenvalue weighted by Crippen LogP contribution is -2.13. The van der Waals surface area contributed by atoms with E-state index < -0.39 is 0 Å². The summed E-state index contributed by atoms with van der Waals surface area (Å²) >= 11 is 0. The van der Waals surface area contributed by atoms with E-state index in [0.717, 1.165) is 29.9 Å². The molecule has 1 atom stereocenters. The zero-order valence-electron chi connectivity index (χ0n) is 9.63. The Labute approximate surface area is 100 Å². The molecule has 90 valence electrons. The van der Waals surface area contributed by atoms with Gasteiger partial charge < -0.3 is 16.5 Å². The highest BCUT2D eigenvalue weighted by Gasteiger charge is 2.10. The van der Waals surface area contributed by atoms with Crippen LogP contribution in [-0.2, 0) is 0 Å². The second-order valence-electron chi connectivity index (χ2n) is 3.95. The van der Waals surface area contributed by atoms with Crippen LogP contribution in [0.5, 0.6) is 0 Å². The van der Waals surface area contributed by atoms with Gasteiger partial charge in [0.05, 0.1) is 11.7 Å². The predicted octanol–water partition coefficient (Wildman–Crippen LogP) is 1.21. The summed E-state index contributed by atoms with van der Waals surface area (Å²) in [4.78, 5) is 11.6. The summed E-state index contributed by atoms with van der Waals surface area (Å²) in [5.74, 6) is 0.803. The minimum absolute atomic E-state index is 0.0797. The first-order valence-corrected chi connectivity index (χ1v) is 5.72. The average Bonchev–Trinajstić information content (AvgIpc) is 2.86. The Balaban J connectivity index is 2.11. The van der Waals surface area contributed by atoms with Gasteiger partial charge in [0.15, 0.2) is 0 Å². The minimum Gasteiger partial charge on any atom is -0.347 e. The molecule has 0 bridgehead atoms. The third-order valence-corrected chi connectivity index (χ3v) is 2.63. The Hall–Kier alpha value is -1.72. The Morgan fingerprint density at radius 3 is 3.00 bits per heavy atom. The predicted molar refractivity (Wildman–Crippen MR) is 67.0 cm³/mol. The molecule has 17 heavy (non-hydrogen) atoms. The molecule has 1 unspecified atom stereocenters. The van der Waals surface area contributed by atoms with Crippen LogP contribution in [0, 0.1) is 0 Å².